The highest BCUT2D eigenvalue weighted by Crippen LogP contribution is 2.22. The Balaban J connectivity index is 2.04. The lowest BCUT2D eigenvalue weighted by Gasteiger charge is -2.28. The lowest BCUT2D eigenvalue weighted by molar-refractivity contribution is -0.384. The van der Waals surface area contributed by atoms with Crippen LogP contribution in [0.25, 0.3) is 0 Å². The van der Waals surface area contributed by atoms with Crippen molar-refractivity contribution in [2.24, 2.45) is 11.7 Å². The SMILES string of the molecule is CCC(C)C(N)C(=O)N1CCCC1C(=O)Nc1ccc([N+](=O)[O-])cc1. The van der Waals surface area contributed by atoms with Crippen LogP contribution in [0.15, 0.2) is 24.3 Å². The molecule has 0 aromatic heterocycles. The van der Waals surface area contributed by atoms with E-state index in [0.29, 0.717) is 18.7 Å². The minimum absolute atomic E-state index is 0.0461. The van der Waals surface area contributed by atoms with Crippen molar-refractivity contribution >= 4 is 23.2 Å². The van der Waals surface area contributed by atoms with Gasteiger partial charge in [0.05, 0.1) is 11.0 Å². The molecule has 2 rings (SSSR count). The second kappa shape index (κ2) is 8.06. The Bertz CT molecular complexity index is 647. The molecule has 0 bridgehead atoms. The highest BCUT2D eigenvalue weighted by atomic mass is 16.6. The molecule has 0 spiro atoms. The van der Waals surface area contributed by atoms with Gasteiger partial charge in [0, 0.05) is 24.4 Å². The number of nitrogens with two attached hydrogens (primary N) is 1. The van der Waals surface area contributed by atoms with Gasteiger partial charge in [-0.3, -0.25) is 19.7 Å². The number of carbonyl (C=O) groups excluding carboxylic acids is 2. The van der Waals surface area contributed by atoms with Gasteiger partial charge in [-0.2, -0.15) is 0 Å². The van der Waals surface area contributed by atoms with Crippen molar-refractivity contribution in [3.8, 4) is 0 Å². The number of benzene rings is 1. The standard InChI is InChI=1S/C17H24N4O4/c1-3-11(2)15(18)17(23)20-10-4-5-14(20)16(22)19-12-6-8-13(9-7-12)21(24)25/h6-9,11,14-15H,3-5,10,18H2,1-2H3,(H,19,22). The Labute approximate surface area is 146 Å². The summed E-state index contributed by atoms with van der Waals surface area (Å²) in [6.07, 6.45) is 2.12. The van der Waals surface area contributed by atoms with E-state index in [2.05, 4.69) is 5.32 Å². The Hall–Kier alpha value is -2.48. The zero-order valence-electron chi connectivity index (χ0n) is 14.5. The topological polar surface area (TPSA) is 119 Å². The normalized spacial score (nSPS) is 19.3. The number of rotatable bonds is 6. The third-order valence-corrected chi connectivity index (χ3v) is 4.73. The fourth-order valence-corrected chi connectivity index (χ4v) is 2.88. The van der Waals surface area contributed by atoms with Crippen molar-refractivity contribution in [3.05, 3.63) is 34.4 Å². The minimum atomic E-state index is -0.613. The average Bonchev–Trinajstić information content (AvgIpc) is 3.10. The number of hydrogen-bond donors (Lipinski definition) is 2. The molecule has 1 aliphatic rings. The van der Waals surface area contributed by atoms with Crippen LogP contribution < -0.4 is 11.1 Å². The van der Waals surface area contributed by atoms with E-state index in [1.807, 2.05) is 13.8 Å². The van der Waals surface area contributed by atoms with E-state index in [4.69, 9.17) is 5.73 Å². The monoisotopic (exact) mass is 348 g/mol. The molecule has 8 nitrogen and oxygen atoms in total. The summed E-state index contributed by atoms with van der Waals surface area (Å²) in [6, 6.07) is 4.43. The van der Waals surface area contributed by atoms with E-state index in [-0.39, 0.29) is 23.4 Å². The second-order valence-electron chi connectivity index (χ2n) is 6.39. The minimum Gasteiger partial charge on any atom is -0.329 e. The fourth-order valence-electron chi connectivity index (χ4n) is 2.88. The Morgan fingerprint density at radius 1 is 1.40 bits per heavy atom. The van der Waals surface area contributed by atoms with E-state index in [1.54, 1.807) is 4.90 Å². The van der Waals surface area contributed by atoms with Gasteiger partial charge in [0.2, 0.25) is 11.8 Å². The predicted octanol–water partition coefficient (Wildman–Crippen LogP) is 1.90. The van der Waals surface area contributed by atoms with Gasteiger partial charge in [-0.05, 0) is 30.9 Å². The number of non-ortho nitro benzene ring substituents is 1. The van der Waals surface area contributed by atoms with Crippen LogP contribution in [0.1, 0.15) is 33.1 Å². The molecule has 2 amide bonds. The molecule has 1 heterocycles. The maximum atomic E-state index is 12.6. The summed E-state index contributed by atoms with van der Waals surface area (Å²) >= 11 is 0. The molecule has 25 heavy (non-hydrogen) atoms. The molecule has 8 heteroatoms. The highest BCUT2D eigenvalue weighted by Gasteiger charge is 2.37. The Morgan fingerprint density at radius 2 is 2.04 bits per heavy atom. The van der Waals surface area contributed by atoms with Crippen molar-refractivity contribution < 1.29 is 14.5 Å². The van der Waals surface area contributed by atoms with Gasteiger partial charge in [0.25, 0.3) is 5.69 Å². The number of nitrogens with zero attached hydrogens (tertiary/aromatic N) is 2. The van der Waals surface area contributed by atoms with Crippen LogP contribution >= 0.6 is 0 Å². The molecule has 1 fully saturated rings. The summed E-state index contributed by atoms with van der Waals surface area (Å²) in [5, 5.41) is 13.4. The summed E-state index contributed by atoms with van der Waals surface area (Å²) in [6.45, 7) is 4.41. The van der Waals surface area contributed by atoms with E-state index in [1.165, 1.54) is 24.3 Å². The van der Waals surface area contributed by atoms with Crippen LogP contribution in [-0.4, -0.2) is 40.3 Å². The summed E-state index contributed by atoms with van der Waals surface area (Å²) in [5.74, 6) is -0.446. The van der Waals surface area contributed by atoms with Gasteiger partial charge in [-0.1, -0.05) is 20.3 Å². The van der Waals surface area contributed by atoms with Crippen LogP contribution in [0.4, 0.5) is 11.4 Å². The molecule has 0 radical (unpaired) electrons. The molecule has 0 saturated carbocycles. The molecule has 1 aromatic rings. The lowest BCUT2D eigenvalue weighted by Crippen LogP contribution is -2.51. The van der Waals surface area contributed by atoms with Gasteiger partial charge >= 0.3 is 0 Å². The van der Waals surface area contributed by atoms with Gasteiger partial charge in [0.15, 0.2) is 0 Å². The average molecular weight is 348 g/mol. The molecule has 1 saturated heterocycles. The van der Waals surface area contributed by atoms with Crippen LogP contribution in [-0.2, 0) is 9.59 Å². The first-order valence-electron chi connectivity index (χ1n) is 8.46. The molecular weight excluding hydrogens is 324 g/mol. The molecule has 0 aliphatic carbocycles. The zero-order chi connectivity index (χ0) is 18.6. The van der Waals surface area contributed by atoms with Crippen LogP contribution in [0, 0.1) is 16.0 Å². The first kappa shape index (κ1) is 18.9. The van der Waals surface area contributed by atoms with Crippen molar-refractivity contribution in [1.29, 1.82) is 0 Å². The molecule has 3 atom stereocenters. The number of carbonyl (C=O) groups is 2. The van der Waals surface area contributed by atoms with Gasteiger partial charge < -0.3 is 16.0 Å². The first-order valence-corrected chi connectivity index (χ1v) is 8.46. The van der Waals surface area contributed by atoms with Crippen LogP contribution in [0.5, 0.6) is 0 Å². The number of anilines is 1. The maximum absolute atomic E-state index is 12.6. The summed E-state index contributed by atoms with van der Waals surface area (Å²) in [7, 11) is 0. The molecule has 3 unspecified atom stereocenters. The third kappa shape index (κ3) is 4.33. The Morgan fingerprint density at radius 3 is 2.60 bits per heavy atom. The summed E-state index contributed by atoms with van der Waals surface area (Å²) < 4.78 is 0. The second-order valence-corrected chi connectivity index (χ2v) is 6.39. The number of hydrogen-bond acceptors (Lipinski definition) is 5. The van der Waals surface area contributed by atoms with Crippen molar-refractivity contribution in [2.75, 3.05) is 11.9 Å². The first-order chi connectivity index (χ1) is 11.8. The van der Waals surface area contributed by atoms with E-state index >= 15 is 0 Å². The number of nitrogens with one attached hydrogen (secondary N) is 1. The van der Waals surface area contributed by atoms with Gasteiger partial charge in [0.1, 0.15) is 6.04 Å². The number of nitro groups is 1. The quantitative estimate of drug-likeness (QED) is 0.601. The smallest absolute Gasteiger partial charge is 0.269 e. The van der Waals surface area contributed by atoms with E-state index in [0.717, 1.165) is 12.8 Å². The predicted molar refractivity (Wildman–Crippen MR) is 93.9 cm³/mol. The summed E-state index contributed by atoms with van der Waals surface area (Å²) in [5.41, 5.74) is 6.44. The fraction of sp³-hybridized carbons (Fsp3) is 0.529. The van der Waals surface area contributed by atoms with E-state index < -0.39 is 17.0 Å². The van der Waals surface area contributed by atoms with Gasteiger partial charge in [-0.15, -0.1) is 0 Å². The molecule has 1 aliphatic heterocycles. The number of amides is 2. The Kier molecular flexibility index (Phi) is 6.08. The van der Waals surface area contributed by atoms with Crippen LogP contribution in [0.3, 0.4) is 0 Å². The lowest BCUT2D eigenvalue weighted by atomic mass is 9.98. The molecule has 1 aromatic carbocycles. The number of nitro benzene ring substituents is 1. The third-order valence-electron chi connectivity index (χ3n) is 4.73. The largest absolute Gasteiger partial charge is 0.329 e. The van der Waals surface area contributed by atoms with Crippen LogP contribution in [0.2, 0.25) is 0 Å². The summed E-state index contributed by atoms with van der Waals surface area (Å²) in [4.78, 5) is 36.8. The molecule has 136 valence electrons. The highest BCUT2D eigenvalue weighted by molar-refractivity contribution is 5.98. The van der Waals surface area contributed by atoms with E-state index in [9.17, 15) is 19.7 Å². The molecular formula is C17H24N4O4. The van der Waals surface area contributed by atoms with Crippen molar-refractivity contribution in [2.45, 2.75) is 45.2 Å². The van der Waals surface area contributed by atoms with Crippen molar-refractivity contribution in [3.63, 3.8) is 0 Å². The van der Waals surface area contributed by atoms with Gasteiger partial charge in [-0.25, -0.2) is 0 Å². The maximum Gasteiger partial charge on any atom is 0.269 e. The zero-order valence-corrected chi connectivity index (χ0v) is 14.5. The molecule has 3 N–H and O–H groups in total. The number of likely N-dealkylation sites (tertiary alicyclic amines) is 1. The van der Waals surface area contributed by atoms with Crippen molar-refractivity contribution in [1.82, 2.24) is 4.90 Å².